The largest absolute Gasteiger partial charge is 0.193 e. The maximum Gasteiger partial charge on any atom is 0 e. The Morgan fingerprint density at radius 1 is 1.40 bits per heavy atom. The fourth-order valence-corrected chi connectivity index (χ4v) is 0.755. The zero-order valence-electron chi connectivity index (χ0n) is 5.92. The molecule has 0 aromatic heterocycles. The molecule has 0 radical (unpaired) electrons. The molecule has 0 aliphatic carbocycles. The molecule has 52 valence electrons. The molecule has 0 unspecified atom stereocenters. The van der Waals surface area contributed by atoms with Crippen LogP contribution in [0.2, 0.25) is 0 Å². The predicted molar refractivity (Wildman–Crippen MR) is 39.2 cm³/mol. The molecule has 0 bridgehead atoms. The topological polar surface area (TPSA) is 0 Å². The summed E-state index contributed by atoms with van der Waals surface area (Å²) in [6.07, 6.45) is 2.82. The van der Waals surface area contributed by atoms with Gasteiger partial charge in [-0.3, -0.25) is 0 Å². The second-order valence-corrected chi connectivity index (χ2v) is 2.05. The van der Waals surface area contributed by atoms with E-state index in [-0.39, 0.29) is 21.1 Å². The predicted octanol–water partition coefficient (Wildman–Crippen LogP) is 2.33. The van der Waals surface area contributed by atoms with E-state index in [4.69, 9.17) is 0 Å². The minimum absolute atomic E-state index is 0. The quantitative estimate of drug-likeness (QED) is 0.699. The van der Waals surface area contributed by atoms with Crippen molar-refractivity contribution in [3.8, 4) is 0 Å². The van der Waals surface area contributed by atoms with Gasteiger partial charge in [-0.15, -0.1) is 11.6 Å². The Morgan fingerprint density at radius 3 is 2.50 bits per heavy atom. The van der Waals surface area contributed by atoms with Crippen molar-refractivity contribution < 1.29 is 21.1 Å². The van der Waals surface area contributed by atoms with E-state index < -0.39 is 0 Å². The van der Waals surface area contributed by atoms with Crippen LogP contribution in [0.5, 0.6) is 0 Å². The Morgan fingerprint density at radius 2 is 2.10 bits per heavy atom. The van der Waals surface area contributed by atoms with Crippen molar-refractivity contribution in [3.63, 3.8) is 0 Å². The minimum atomic E-state index is 0. The Labute approximate surface area is 76.2 Å². The van der Waals surface area contributed by atoms with Gasteiger partial charge in [-0.2, -0.15) is 30.4 Å². The van der Waals surface area contributed by atoms with Crippen LogP contribution in [0, 0.1) is 13.0 Å². The van der Waals surface area contributed by atoms with Gasteiger partial charge in [0.15, 0.2) is 0 Å². The molecule has 0 saturated carbocycles. The van der Waals surface area contributed by atoms with Crippen molar-refractivity contribution in [3.05, 3.63) is 48.0 Å². The fourth-order valence-electron chi connectivity index (χ4n) is 0.755. The Kier molecular flexibility index (Phi) is 4.30. The van der Waals surface area contributed by atoms with Crippen LogP contribution in [0.25, 0.3) is 0 Å². The molecule has 1 aromatic rings. The maximum absolute atomic E-state index is 3.55. The Balaban J connectivity index is 0.000000810. The number of benzene rings is 1. The summed E-state index contributed by atoms with van der Waals surface area (Å²) >= 11 is 0. The second kappa shape index (κ2) is 4.46. The standard InChI is InChI=1S/C9H9.W/c1-3-9-6-4-5-8(2)7-9;/h4-7H,1H2,2H3;/q-1;. The van der Waals surface area contributed by atoms with Gasteiger partial charge in [-0.25, -0.2) is 0 Å². The Hall–Kier alpha value is -0.352. The van der Waals surface area contributed by atoms with Crippen LogP contribution < -0.4 is 0 Å². The van der Waals surface area contributed by atoms with Crippen molar-refractivity contribution in [2.24, 2.45) is 0 Å². The zero-order chi connectivity index (χ0) is 6.69. The van der Waals surface area contributed by atoms with Crippen molar-refractivity contribution in [1.29, 1.82) is 0 Å². The normalized spacial score (nSPS) is 8.10. The van der Waals surface area contributed by atoms with Crippen LogP contribution in [0.3, 0.4) is 0 Å². The van der Waals surface area contributed by atoms with E-state index in [0.29, 0.717) is 0 Å². The van der Waals surface area contributed by atoms with Crippen molar-refractivity contribution in [1.82, 2.24) is 0 Å². The van der Waals surface area contributed by atoms with Gasteiger partial charge in [0.05, 0.1) is 0 Å². The summed E-state index contributed by atoms with van der Waals surface area (Å²) in [5.74, 6) is 0. The van der Waals surface area contributed by atoms with Crippen molar-refractivity contribution in [2.45, 2.75) is 6.92 Å². The average molecular weight is 301 g/mol. The fraction of sp³-hybridized carbons (Fsp3) is 0.111. The number of hydrogen-bond donors (Lipinski definition) is 0. The Bertz CT molecular complexity index is 216. The summed E-state index contributed by atoms with van der Waals surface area (Å²) in [5, 5.41) is 0. The molecule has 0 N–H and O–H groups in total. The summed E-state index contributed by atoms with van der Waals surface area (Å²) in [4.78, 5) is 0. The van der Waals surface area contributed by atoms with Crippen LogP contribution in [0.4, 0.5) is 0 Å². The molecule has 0 atom stereocenters. The SMILES string of the molecule is C=[C-]c1cccc(C)c1.[W]. The van der Waals surface area contributed by atoms with E-state index in [1.807, 2.05) is 18.2 Å². The third kappa shape index (κ3) is 2.49. The summed E-state index contributed by atoms with van der Waals surface area (Å²) in [7, 11) is 0. The third-order valence-corrected chi connectivity index (χ3v) is 1.22. The molecular weight excluding hydrogens is 292 g/mol. The molecule has 1 aromatic carbocycles. The maximum atomic E-state index is 3.55. The van der Waals surface area contributed by atoms with Crippen LogP contribution in [-0.2, 0) is 21.1 Å². The first-order chi connectivity index (χ1) is 4.33. The van der Waals surface area contributed by atoms with Crippen molar-refractivity contribution in [2.75, 3.05) is 0 Å². The first-order valence-corrected chi connectivity index (χ1v) is 2.92. The summed E-state index contributed by atoms with van der Waals surface area (Å²) in [6, 6.07) is 8.09. The minimum Gasteiger partial charge on any atom is -0.193 e. The van der Waals surface area contributed by atoms with Gasteiger partial charge >= 0.3 is 0 Å². The molecule has 10 heavy (non-hydrogen) atoms. The smallest absolute Gasteiger partial charge is 0 e. The number of aryl methyl sites for hydroxylation is 1. The van der Waals surface area contributed by atoms with Gasteiger partial charge in [0.1, 0.15) is 0 Å². The molecule has 0 saturated heterocycles. The van der Waals surface area contributed by atoms with Gasteiger partial charge in [0, 0.05) is 21.1 Å². The second-order valence-electron chi connectivity index (χ2n) is 2.05. The zero-order valence-corrected chi connectivity index (χ0v) is 8.86. The molecule has 1 rings (SSSR count). The van der Waals surface area contributed by atoms with E-state index >= 15 is 0 Å². The first kappa shape index (κ1) is 9.65. The van der Waals surface area contributed by atoms with Crippen molar-refractivity contribution >= 4 is 0 Å². The first-order valence-electron chi connectivity index (χ1n) is 2.92. The molecule has 0 aliphatic rings. The van der Waals surface area contributed by atoms with E-state index in [9.17, 15) is 0 Å². The van der Waals surface area contributed by atoms with Gasteiger partial charge in [-0.1, -0.05) is 13.0 Å². The molecule has 0 heterocycles. The molecule has 0 amide bonds. The molecular formula is C9H9W-. The van der Waals surface area contributed by atoms with Gasteiger partial charge in [0.2, 0.25) is 0 Å². The van der Waals surface area contributed by atoms with E-state index in [1.54, 1.807) is 0 Å². The molecule has 0 fully saturated rings. The molecule has 0 spiro atoms. The van der Waals surface area contributed by atoms with E-state index in [1.165, 1.54) is 5.56 Å². The molecule has 0 aliphatic heterocycles. The van der Waals surface area contributed by atoms with Gasteiger partial charge in [0.25, 0.3) is 0 Å². The van der Waals surface area contributed by atoms with Crippen LogP contribution in [-0.4, -0.2) is 0 Å². The summed E-state index contributed by atoms with van der Waals surface area (Å²) < 4.78 is 0. The van der Waals surface area contributed by atoms with E-state index in [0.717, 1.165) is 5.56 Å². The number of hydrogen-bond acceptors (Lipinski definition) is 0. The molecule has 1 heteroatoms. The average Bonchev–Trinajstić information content (AvgIpc) is 1.88. The monoisotopic (exact) mass is 301 g/mol. The summed E-state index contributed by atoms with van der Waals surface area (Å²) in [5.41, 5.74) is 2.32. The van der Waals surface area contributed by atoms with Gasteiger partial charge in [-0.05, 0) is 0 Å². The van der Waals surface area contributed by atoms with Crippen LogP contribution in [0.1, 0.15) is 11.1 Å². The number of rotatable bonds is 1. The molecule has 0 nitrogen and oxygen atoms in total. The van der Waals surface area contributed by atoms with Crippen LogP contribution in [0.15, 0.2) is 30.8 Å². The van der Waals surface area contributed by atoms with Crippen LogP contribution >= 0.6 is 0 Å². The third-order valence-electron chi connectivity index (χ3n) is 1.22. The van der Waals surface area contributed by atoms with E-state index in [2.05, 4.69) is 25.6 Å². The van der Waals surface area contributed by atoms with Gasteiger partial charge < -0.3 is 0 Å². The summed E-state index contributed by atoms with van der Waals surface area (Å²) in [6.45, 7) is 5.60.